The van der Waals surface area contributed by atoms with Gasteiger partial charge in [-0.1, -0.05) is 0 Å². The first-order valence-corrected chi connectivity index (χ1v) is 8.42. The van der Waals surface area contributed by atoms with E-state index >= 15 is 0 Å². The summed E-state index contributed by atoms with van der Waals surface area (Å²) in [5.41, 5.74) is 0.589. The molecule has 11 nitrogen and oxygen atoms in total. The monoisotopic (exact) mass is 387 g/mol. The van der Waals surface area contributed by atoms with Crippen molar-refractivity contribution in [2.75, 3.05) is 13.2 Å². The number of aliphatic hydroxyl groups excluding tert-OH is 1. The number of rotatable bonds is 7. The van der Waals surface area contributed by atoms with Gasteiger partial charge >= 0.3 is 5.97 Å². The molecule has 2 heterocycles. The summed E-state index contributed by atoms with van der Waals surface area (Å²) in [6.45, 7) is 3.44. The molecule has 3 aromatic rings. The fraction of sp³-hybridized carbons (Fsp3) is 0.294. The molecular weight excluding hydrogens is 370 g/mol. The third kappa shape index (κ3) is 3.60. The summed E-state index contributed by atoms with van der Waals surface area (Å²) in [6, 6.07) is 2.66. The van der Waals surface area contributed by atoms with Crippen LogP contribution in [0.5, 0.6) is 5.88 Å². The second kappa shape index (κ2) is 7.96. The Morgan fingerprint density at radius 1 is 1.25 bits per heavy atom. The first-order chi connectivity index (χ1) is 13.5. The molecule has 1 N–H and O–H groups in total. The normalized spacial score (nSPS) is 10.8. The number of hydrogen-bond acceptors (Lipinski definition) is 9. The van der Waals surface area contributed by atoms with E-state index in [0.717, 1.165) is 0 Å². The van der Waals surface area contributed by atoms with Crippen molar-refractivity contribution in [2.24, 2.45) is 0 Å². The molecule has 0 amide bonds. The summed E-state index contributed by atoms with van der Waals surface area (Å²) in [5.74, 6) is -0.758. The quantitative estimate of drug-likeness (QED) is 0.364. The van der Waals surface area contributed by atoms with Crippen LogP contribution in [0, 0.1) is 10.1 Å². The summed E-state index contributed by atoms with van der Waals surface area (Å²) in [6.07, 6.45) is 2.80. The van der Waals surface area contributed by atoms with Crippen molar-refractivity contribution in [3.05, 3.63) is 46.2 Å². The lowest BCUT2D eigenvalue weighted by molar-refractivity contribution is -0.384. The van der Waals surface area contributed by atoms with Gasteiger partial charge in [0.25, 0.3) is 5.69 Å². The zero-order valence-electron chi connectivity index (χ0n) is 15.2. The van der Waals surface area contributed by atoms with E-state index in [-0.39, 0.29) is 53.8 Å². The van der Waals surface area contributed by atoms with Crippen molar-refractivity contribution in [1.82, 2.24) is 19.5 Å². The second-order valence-corrected chi connectivity index (χ2v) is 5.55. The first-order valence-electron chi connectivity index (χ1n) is 8.42. The smallest absolute Gasteiger partial charge is 0.362 e. The van der Waals surface area contributed by atoms with Crippen molar-refractivity contribution >= 4 is 22.7 Å². The highest BCUT2D eigenvalue weighted by molar-refractivity contribution is 5.93. The van der Waals surface area contributed by atoms with E-state index in [1.807, 2.05) is 0 Å². The molecule has 0 unspecified atom stereocenters. The number of imidazole rings is 1. The molecule has 3 rings (SSSR count). The molecule has 0 atom stereocenters. The lowest BCUT2D eigenvalue weighted by Gasteiger charge is -2.10. The van der Waals surface area contributed by atoms with Crippen molar-refractivity contribution in [2.45, 2.75) is 20.5 Å². The molecule has 0 saturated carbocycles. The Morgan fingerprint density at radius 2 is 2.00 bits per heavy atom. The molecule has 11 heteroatoms. The molecule has 146 valence electrons. The Labute approximate surface area is 158 Å². The molecule has 28 heavy (non-hydrogen) atoms. The minimum atomic E-state index is -0.703. The largest absolute Gasteiger partial charge is 0.476 e. The lowest BCUT2D eigenvalue weighted by atomic mass is 10.2. The number of fused-ring (bicyclic) bond motifs is 1. The van der Waals surface area contributed by atoms with Gasteiger partial charge in [-0.2, -0.15) is 0 Å². The van der Waals surface area contributed by atoms with Crippen LogP contribution in [-0.2, 0) is 11.3 Å². The summed E-state index contributed by atoms with van der Waals surface area (Å²) in [5, 5.41) is 20.7. The van der Waals surface area contributed by atoms with Gasteiger partial charge in [0.2, 0.25) is 11.6 Å². The summed E-state index contributed by atoms with van der Waals surface area (Å²) >= 11 is 0. The van der Waals surface area contributed by atoms with Crippen molar-refractivity contribution in [1.29, 1.82) is 0 Å². The van der Waals surface area contributed by atoms with Crippen LogP contribution in [0.2, 0.25) is 0 Å². The Hall–Kier alpha value is -3.60. The van der Waals surface area contributed by atoms with E-state index in [1.54, 1.807) is 13.8 Å². The Balaban J connectivity index is 2.24. The van der Waals surface area contributed by atoms with E-state index in [1.165, 1.54) is 29.2 Å². The number of benzene rings is 1. The van der Waals surface area contributed by atoms with Crippen molar-refractivity contribution < 1.29 is 24.3 Å². The van der Waals surface area contributed by atoms with Crippen LogP contribution in [0.15, 0.2) is 24.7 Å². The summed E-state index contributed by atoms with van der Waals surface area (Å²) in [7, 11) is 0. The Bertz CT molecular complexity index is 1050. The highest BCUT2D eigenvalue weighted by atomic mass is 16.6. The van der Waals surface area contributed by atoms with Crippen molar-refractivity contribution in [3.63, 3.8) is 0 Å². The molecule has 2 aromatic heterocycles. The zero-order valence-corrected chi connectivity index (χ0v) is 15.2. The number of nitrogens with zero attached hydrogens (tertiary/aromatic N) is 5. The predicted octanol–water partition coefficient (Wildman–Crippen LogP) is 1.79. The standard InChI is InChI=1S/C17H17N5O6/c1-3-27-16-15(17(24)28-4-2)19-11-5-13(21-7-10(8-23)18-9-21)14(22(25)26)6-12(11)20-16/h5-7,9,23H,3-4,8H2,1-2H3. The van der Waals surface area contributed by atoms with Gasteiger partial charge in [-0.25, -0.2) is 19.7 Å². The number of aliphatic hydroxyl groups is 1. The van der Waals surface area contributed by atoms with Gasteiger partial charge in [-0.05, 0) is 19.9 Å². The summed E-state index contributed by atoms with van der Waals surface area (Å²) < 4.78 is 11.7. The minimum Gasteiger partial charge on any atom is -0.476 e. The number of ether oxygens (including phenoxy) is 2. The van der Waals surface area contributed by atoms with Crippen LogP contribution in [0.4, 0.5) is 5.69 Å². The average molecular weight is 387 g/mol. The maximum atomic E-state index is 12.2. The molecule has 0 bridgehead atoms. The van der Waals surface area contributed by atoms with Crippen LogP contribution < -0.4 is 4.74 Å². The Morgan fingerprint density at radius 3 is 2.61 bits per heavy atom. The van der Waals surface area contributed by atoms with Gasteiger partial charge in [0.15, 0.2) is 0 Å². The molecule has 0 aliphatic rings. The van der Waals surface area contributed by atoms with Crippen LogP contribution >= 0.6 is 0 Å². The fourth-order valence-electron chi connectivity index (χ4n) is 2.56. The molecule has 0 saturated heterocycles. The lowest BCUT2D eigenvalue weighted by Crippen LogP contribution is -2.12. The van der Waals surface area contributed by atoms with Crippen LogP contribution in [0.3, 0.4) is 0 Å². The molecule has 1 aromatic carbocycles. The molecule has 0 radical (unpaired) electrons. The molecule has 0 aliphatic carbocycles. The number of carbonyl (C=O) groups is 1. The van der Waals surface area contributed by atoms with E-state index in [4.69, 9.17) is 9.47 Å². The fourth-order valence-corrected chi connectivity index (χ4v) is 2.56. The number of esters is 1. The number of nitro groups is 1. The van der Waals surface area contributed by atoms with E-state index in [2.05, 4.69) is 15.0 Å². The molecule has 0 aliphatic heterocycles. The third-order valence-corrected chi connectivity index (χ3v) is 3.75. The average Bonchev–Trinajstić information content (AvgIpc) is 3.16. The number of carbonyl (C=O) groups excluding carboxylic acids is 1. The molecule has 0 fully saturated rings. The highest BCUT2D eigenvalue weighted by Gasteiger charge is 2.23. The first kappa shape index (κ1) is 19.2. The van der Waals surface area contributed by atoms with Crippen LogP contribution in [0.1, 0.15) is 30.0 Å². The SMILES string of the molecule is CCOC(=O)c1nc2cc(-n3cnc(CO)c3)c([N+](=O)[O-])cc2nc1OCC. The van der Waals surface area contributed by atoms with Gasteiger partial charge < -0.3 is 14.6 Å². The third-order valence-electron chi connectivity index (χ3n) is 3.75. The van der Waals surface area contributed by atoms with E-state index < -0.39 is 10.9 Å². The predicted molar refractivity (Wildman–Crippen MR) is 96.4 cm³/mol. The van der Waals surface area contributed by atoms with Crippen molar-refractivity contribution in [3.8, 4) is 11.6 Å². The van der Waals surface area contributed by atoms with Gasteiger partial charge in [-0.3, -0.25) is 14.7 Å². The number of aromatic nitrogens is 4. The zero-order chi connectivity index (χ0) is 20.3. The van der Waals surface area contributed by atoms with Gasteiger partial charge in [0, 0.05) is 12.3 Å². The van der Waals surface area contributed by atoms with Gasteiger partial charge in [0.1, 0.15) is 5.69 Å². The highest BCUT2D eigenvalue weighted by Crippen LogP contribution is 2.30. The van der Waals surface area contributed by atoms with Gasteiger partial charge in [-0.15, -0.1) is 0 Å². The minimum absolute atomic E-state index is 0.0549. The van der Waals surface area contributed by atoms with Crippen LogP contribution in [0.25, 0.3) is 16.7 Å². The number of hydrogen-bond donors (Lipinski definition) is 1. The maximum absolute atomic E-state index is 12.2. The van der Waals surface area contributed by atoms with E-state index in [0.29, 0.717) is 5.69 Å². The maximum Gasteiger partial charge on any atom is 0.362 e. The molecule has 0 spiro atoms. The number of nitro benzene ring substituents is 1. The van der Waals surface area contributed by atoms with Gasteiger partial charge in [0.05, 0.1) is 47.8 Å². The van der Waals surface area contributed by atoms with E-state index in [9.17, 15) is 20.0 Å². The Kier molecular flexibility index (Phi) is 5.45. The van der Waals surface area contributed by atoms with Crippen LogP contribution in [-0.4, -0.2) is 48.7 Å². The second-order valence-electron chi connectivity index (χ2n) is 5.55. The summed E-state index contributed by atoms with van der Waals surface area (Å²) in [4.78, 5) is 35.6. The molecular formula is C17H17N5O6. The topological polar surface area (TPSA) is 142 Å².